The van der Waals surface area contributed by atoms with E-state index in [1.165, 1.54) is 0 Å². The molecule has 3 heteroatoms. The highest BCUT2D eigenvalue weighted by atomic mass is 35.5. The Labute approximate surface area is 80.9 Å². The van der Waals surface area contributed by atoms with Gasteiger partial charge in [0.2, 0.25) is 0 Å². The second-order valence-corrected chi connectivity index (χ2v) is 3.01. The zero-order chi connectivity index (χ0) is 9.26. The average molecular weight is 191 g/mol. The van der Waals surface area contributed by atoms with Gasteiger partial charge in [-0.15, -0.1) is 0 Å². The Morgan fingerprint density at radius 3 is 3.00 bits per heavy atom. The summed E-state index contributed by atoms with van der Waals surface area (Å²) < 4.78 is 0. The third-order valence-corrected chi connectivity index (χ3v) is 2.06. The fraction of sp³-hybridized carbons (Fsp3) is 0. The SMILES string of the molecule is C=Cc1cnc2c(Cl)cccc2n1. The molecule has 0 saturated carbocycles. The lowest BCUT2D eigenvalue weighted by molar-refractivity contribution is 1.27. The summed E-state index contributed by atoms with van der Waals surface area (Å²) in [7, 11) is 0. The number of benzene rings is 1. The molecule has 1 heterocycles. The fourth-order valence-electron chi connectivity index (χ4n) is 1.12. The lowest BCUT2D eigenvalue weighted by Crippen LogP contribution is -1.87. The normalized spacial score (nSPS) is 10.2. The lowest BCUT2D eigenvalue weighted by atomic mass is 10.3. The van der Waals surface area contributed by atoms with Crippen LogP contribution in [0.5, 0.6) is 0 Å². The van der Waals surface area contributed by atoms with Crippen LogP contribution < -0.4 is 0 Å². The molecule has 2 rings (SSSR count). The molecule has 2 aromatic rings. The molecule has 0 atom stereocenters. The minimum absolute atomic E-state index is 0.626. The molecule has 0 spiro atoms. The van der Waals surface area contributed by atoms with Crippen LogP contribution in [0.4, 0.5) is 0 Å². The third kappa shape index (κ3) is 1.40. The highest BCUT2D eigenvalue weighted by Gasteiger charge is 2.00. The quantitative estimate of drug-likeness (QED) is 0.691. The molecule has 2 nitrogen and oxygen atoms in total. The summed E-state index contributed by atoms with van der Waals surface area (Å²) in [4.78, 5) is 8.48. The molecule has 0 radical (unpaired) electrons. The topological polar surface area (TPSA) is 25.8 Å². The van der Waals surface area contributed by atoms with Crippen molar-refractivity contribution in [1.29, 1.82) is 0 Å². The van der Waals surface area contributed by atoms with E-state index in [-0.39, 0.29) is 0 Å². The van der Waals surface area contributed by atoms with E-state index < -0.39 is 0 Å². The van der Waals surface area contributed by atoms with Crippen LogP contribution >= 0.6 is 11.6 Å². The van der Waals surface area contributed by atoms with E-state index in [2.05, 4.69) is 16.5 Å². The maximum atomic E-state index is 5.92. The molecule has 0 aliphatic heterocycles. The van der Waals surface area contributed by atoms with E-state index in [1.807, 2.05) is 12.1 Å². The van der Waals surface area contributed by atoms with Gasteiger partial charge in [-0.05, 0) is 18.2 Å². The maximum Gasteiger partial charge on any atom is 0.107 e. The Morgan fingerprint density at radius 2 is 2.23 bits per heavy atom. The van der Waals surface area contributed by atoms with Crippen molar-refractivity contribution in [2.24, 2.45) is 0 Å². The highest BCUT2D eigenvalue weighted by molar-refractivity contribution is 6.34. The fourth-order valence-corrected chi connectivity index (χ4v) is 1.34. The molecule has 13 heavy (non-hydrogen) atoms. The second-order valence-electron chi connectivity index (χ2n) is 2.61. The zero-order valence-electron chi connectivity index (χ0n) is 6.87. The second kappa shape index (κ2) is 3.15. The molecule has 0 aliphatic carbocycles. The highest BCUT2D eigenvalue weighted by Crippen LogP contribution is 2.19. The van der Waals surface area contributed by atoms with Gasteiger partial charge in [-0.1, -0.05) is 24.2 Å². The van der Waals surface area contributed by atoms with E-state index in [1.54, 1.807) is 18.3 Å². The van der Waals surface area contributed by atoms with Crippen molar-refractivity contribution in [3.8, 4) is 0 Å². The van der Waals surface area contributed by atoms with Gasteiger partial charge in [-0.3, -0.25) is 4.98 Å². The average Bonchev–Trinajstić information content (AvgIpc) is 2.18. The smallest absolute Gasteiger partial charge is 0.107 e. The van der Waals surface area contributed by atoms with E-state index >= 15 is 0 Å². The number of hydrogen-bond donors (Lipinski definition) is 0. The first-order valence-electron chi connectivity index (χ1n) is 3.85. The Balaban J connectivity index is 2.79. The maximum absolute atomic E-state index is 5.92. The van der Waals surface area contributed by atoms with Gasteiger partial charge in [-0.25, -0.2) is 4.98 Å². The molecule has 1 aromatic carbocycles. The molecular formula is C10H7ClN2. The summed E-state index contributed by atoms with van der Waals surface area (Å²) in [5.41, 5.74) is 2.29. The molecule has 1 aromatic heterocycles. The van der Waals surface area contributed by atoms with Crippen LogP contribution in [0.3, 0.4) is 0 Å². The monoisotopic (exact) mass is 190 g/mol. The summed E-state index contributed by atoms with van der Waals surface area (Å²) in [5.74, 6) is 0. The summed E-state index contributed by atoms with van der Waals surface area (Å²) in [5, 5.41) is 0.626. The summed E-state index contributed by atoms with van der Waals surface area (Å²) in [6.45, 7) is 3.62. The van der Waals surface area contributed by atoms with E-state index in [0.717, 1.165) is 16.7 Å². The van der Waals surface area contributed by atoms with Crippen LogP contribution in [0.1, 0.15) is 5.69 Å². The summed E-state index contributed by atoms with van der Waals surface area (Å²) in [6, 6.07) is 5.53. The van der Waals surface area contributed by atoms with Crippen molar-refractivity contribution in [3.05, 3.63) is 41.7 Å². The molecule has 0 bridgehead atoms. The van der Waals surface area contributed by atoms with Crippen molar-refractivity contribution in [2.75, 3.05) is 0 Å². The number of halogens is 1. The van der Waals surface area contributed by atoms with E-state index in [4.69, 9.17) is 11.6 Å². The molecule has 64 valence electrons. The predicted octanol–water partition coefficient (Wildman–Crippen LogP) is 2.93. The van der Waals surface area contributed by atoms with Crippen molar-refractivity contribution >= 4 is 28.7 Å². The molecule has 0 saturated heterocycles. The number of nitrogens with zero attached hydrogens (tertiary/aromatic N) is 2. The largest absolute Gasteiger partial charge is 0.251 e. The van der Waals surface area contributed by atoms with Crippen LogP contribution in [0.25, 0.3) is 17.1 Å². The van der Waals surface area contributed by atoms with Crippen molar-refractivity contribution in [1.82, 2.24) is 9.97 Å². The van der Waals surface area contributed by atoms with Gasteiger partial charge < -0.3 is 0 Å². The molecular weight excluding hydrogens is 184 g/mol. The molecule has 0 aliphatic rings. The van der Waals surface area contributed by atoms with Gasteiger partial charge in [0.15, 0.2) is 0 Å². The first-order chi connectivity index (χ1) is 6.31. The number of hydrogen-bond acceptors (Lipinski definition) is 2. The molecule has 0 N–H and O–H groups in total. The molecule has 0 amide bonds. The Kier molecular flexibility index (Phi) is 1.99. The van der Waals surface area contributed by atoms with Gasteiger partial charge >= 0.3 is 0 Å². The van der Waals surface area contributed by atoms with Gasteiger partial charge in [0, 0.05) is 0 Å². The number of fused-ring (bicyclic) bond motifs is 1. The number of rotatable bonds is 1. The van der Waals surface area contributed by atoms with E-state index in [9.17, 15) is 0 Å². The van der Waals surface area contributed by atoms with Gasteiger partial charge in [0.25, 0.3) is 0 Å². The third-order valence-electron chi connectivity index (χ3n) is 1.75. The van der Waals surface area contributed by atoms with Gasteiger partial charge in [0.05, 0.1) is 22.4 Å². The van der Waals surface area contributed by atoms with Gasteiger partial charge in [-0.2, -0.15) is 0 Å². The van der Waals surface area contributed by atoms with Gasteiger partial charge in [0.1, 0.15) is 5.52 Å². The lowest BCUT2D eigenvalue weighted by Gasteiger charge is -1.98. The van der Waals surface area contributed by atoms with Crippen LogP contribution in [0.2, 0.25) is 5.02 Å². The van der Waals surface area contributed by atoms with Crippen LogP contribution in [0, 0.1) is 0 Å². The predicted molar refractivity (Wildman–Crippen MR) is 54.6 cm³/mol. The minimum atomic E-state index is 0.626. The van der Waals surface area contributed by atoms with Crippen molar-refractivity contribution < 1.29 is 0 Å². The van der Waals surface area contributed by atoms with E-state index in [0.29, 0.717) is 5.02 Å². The molecule has 0 unspecified atom stereocenters. The van der Waals surface area contributed by atoms with Crippen LogP contribution in [-0.4, -0.2) is 9.97 Å². The number of aromatic nitrogens is 2. The summed E-state index contributed by atoms with van der Waals surface area (Å²) in [6.07, 6.45) is 3.31. The Hall–Kier alpha value is -1.41. The first-order valence-corrected chi connectivity index (χ1v) is 4.23. The standard InChI is InChI=1S/C10H7ClN2/c1-2-7-6-12-10-8(11)4-3-5-9(10)13-7/h2-6H,1H2. The number of para-hydroxylation sites is 1. The van der Waals surface area contributed by atoms with Crippen molar-refractivity contribution in [2.45, 2.75) is 0 Å². The minimum Gasteiger partial charge on any atom is -0.251 e. The van der Waals surface area contributed by atoms with Crippen molar-refractivity contribution in [3.63, 3.8) is 0 Å². The molecule has 0 fully saturated rings. The first kappa shape index (κ1) is 8.20. The van der Waals surface area contributed by atoms with Crippen LogP contribution in [-0.2, 0) is 0 Å². The Bertz CT molecular complexity index is 465. The Morgan fingerprint density at radius 1 is 1.38 bits per heavy atom. The summed E-state index contributed by atoms with van der Waals surface area (Å²) >= 11 is 5.92. The zero-order valence-corrected chi connectivity index (χ0v) is 7.62. The van der Waals surface area contributed by atoms with Crippen LogP contribution in [0.15, 0.2) is 31.0 Å².